The Morgan fingerprint density at radius 1 is 1.23 bits per heavy atom. The minimum atomic E-state index is -0.664. The van der Waals surface area contributed by atoms with Crippen molar-refractivity contribution in [2.75, 3.05) is 0 Å². The Hall–Kier alpha value is -2.70. The number of oxazole rings is 1. The van der Waals surface area contributed by atoms with Crippen molar-refractivity contribution < 1.29 is 14.0 Å². The number of para-hydroxylation sites is 2. The molecule has 1 saturated heterocycles. The molecule has 1 aromatic heterocycles. The Balaban J connectivity index is 1.78. The van der Waals surface area contributed by atoms with Crippen LogP contribution < -0.4 is 10.6 Å². The van der Waals surface area contributed by atoms with Crippen LogP contribution in [0, 0.1) is 5.92 Å². The van der Waals surface area contributed by atoms with Gasteiger partial charge in [0, 0.05) is 0 Å². The van der Waals surface area contributed by atoms with E-state index in [0.29, 0.717) is 17.5 Å². The van der Waals surface area contributed by atoms with Gasteiger partial charge in [0.1, 0.15) is 11.4 Å². The van der Waals surface area contributed by atoms with Crippen LogP contribution in [0.2, 0.25) is 0 Å². The minimum absolute atomic E-state index is 0.0503. The molecule has 2 amide bonds. The predicted octanol–water partition coefficient (Wildman–Crippen LogP) is 1.87. The molecule has 2 heterocycles. The number of benzene rings is 1. The van der Waals surface area contributed by atoms with E-state index in [4.69, 9.17) is 4.42 Å². The number of carbonyl (C=O) groups excluding carboxylic acids is 2. The number of unbranched alkanes of at least 4 members (excludes halogenated alkanes) is 1. The second kappa shape index (κ2) is 5.97. The van der Waals surface area contributed by atoms with E-state index < -0.39 is 5.92 Å². The van der Waals surface area contributed by atoms with Gasteiger partial charge in [-0.2, -0.15) is 9.98 Å². The molecule has 1 aliphatic heterocycles. The SMILES string of the molecule is CCCCC1C(=O)NC(=Nc2nc3ccccc3o2)NC1=O. The van der Waals surface area contributed by atoms with Crippen LogP contribution in [0.4, 0.5) is 6.01 Å². The van der Waals surface area contributed by atoms with E-state index in [2.05, 4.69) is 20.6 Å². The van der Waals surface area contributed by atoms with Crippen molar-refractivity contribution in [3.05, 3.63) is 24.3 Å². The van der Waals surface area contributed by atoms with Crippen LogP contribution in [-0.2, 0) is 9.59 Å². The number of carbonyl (C=O) groups is 2. The summed E-state index contributed by atoms with van der Waals surface area (Å²) >= 11 is 0. The van der Waals surface area contributed by atoms with Gasteiger partial charge in [0.25, 0.3) is 0 Å². The maximum absolute atomic E-state index is 12.0. The summed E-state index contributed by atoms with van der Waals surface area (Å²) in [7, 11) is 0. The molecular weight excluding hydrogens is 284 g/mol. The fourth-order valence-electron chi connectivity index (χ4n) is 2.29. The third-order valence-electron chi connectivity index (χ3n) is 3.45. The Bertz CT molecular complexity index is 697. The highest BCUT2D eigenvalue weighted by molar-refractivity contribution is 6.17. The zero-order valence-electron chi connectivity index (χ0n) is 12.1. The quantitative estimate of drug-likeness (QED) is 0.842. The van der Waals surface area contributed by atoms with Crippen LogP contribution in [0.1, 0.15) is 26.2 Å². The lowest BCUT2D eigenvalue weighted by Gasteiger charge is -2.22. The van der Waals surface area contributed by atoms with Gasteiger partial charge in [0.15, 0.2) is 5.58 Å². The topological polar surface area (TPSA) is 96.6 Å². The maximum atomic E-state index is 12.0. The monoisotopic (exact) mass is 300 g/mol. The normalized spacial score (nSPS) is 18.2. The number of hydrogen-bond donors (Lipinski definition) is 2. The zero-order valence-corrected chi connectivity index (χ0v) is 12.1. The Kier molecular flexibility index (Phi) is 3.86. The number of rotatable bonds is 4. The Labute approximate surface area is 126 Å². The van der Waals surface area contributed by atoms with E-state index in [-0.39, 0.29) is 23.8 Å². The first kappa shape index (κ1) is 14.2. The number of fused-ring (bicyclic) bond motifs is 1. The summed E-state index contributed by atoms with van der Waals surface area (Å²) < 4.78 is 5.43. The number of aromatic nitrogens is 1. The highest BCUT2D eigenvalue weighted by Gasteiger charge is 2.32. The summed E-state index contributed by atoms with van der Waals surface area (Å²) in [5, 5.41) is 5.16. The molecule has 1 fully saturated rings. The molecule has 0 saturated carbocycles. The first-order valence-corrected chi connectivity index (χ1v) is 7.23. The molecule has 7 nitrogen and oxygen atoms in total. The lowest BCUT2D eigenvalue weighted by atomic mass is 9.99. The van der Waals surface area contributed by atoms with Crippen LogP contribution in [-0.4, -0.2) is 22.8 Å². The largest absolute Gasteiger partial charge is 0.422 e. The number of nitrogens with zero attached hydrogens (tertiary/aromatic N) is 2. The molecule has 114 valence electrons. The molecule has 1 aliphatic rings. The van der Waals surface area contributed by atoms with E-state index >= 15 is 0 Å². The maximum Gasteiger partial charge on any atom is 0.326 e. The third kappa shape index (κ3) is 2.83. The van der Waals surface area contributed by atoms with E-state index in [9.17, 15) is 9.59 Å². The van der Waals surface area contributed by atoms with Crippen molar-refractivity contribution in [3.63, 3.8) is 0 Å². The minimum Gasteiger partial charge on any atom is -0.422 e. The lowest BCUT2D eigenvalue weighted by Crippen LogP contribution is -2.56. The summed E-state index contributed by atoms with van der Waals surface area (Å²) in [4.78, 5) is 32.2. The molecule has 0 radical (unpaired) electrons. The van der Waals surface area contributed by atoms with Gasteiger partial charge in [0.2, 0.25) is 17.8 Å². The van der Waals surface area contributed by atoms with Crippen molar-refractivity contribution in [1.82, 2.24) is 15.6 Å². The molecule has 7 heteroatoms. The number of nitrogens with one attached hydrogen (secondary N) is 2. The van der Waals surface area contributed by atoms with E-state index in [1.807, 2.05) is 19.1 Å². The fourth-order valence-corrected chi connectivity index (χ4v) is 2.29. The summed E-state index contributed by atoms with van der Waals surface area (Å²) in [5.74, 6) is -1.30. The number of amides is 2. The molecule has 1 aromatic carbocycles. The van der Waals surface area contributed by atoms with Crippen molar-refractivity contribution >= 4 is 34.9 Å². The molecular formula is C15H16N4O3. The van der Waals surface area contributed by atoms with Gasteiger partial charge < -0.3 is 4.42 Å². The van der Waals surface area contributed by atoms with Crippen LogP contribution >= 0.6 is 0 Å². The zero-order chi connectivity index (χ0) is 15.5. The van der Waals surface area contributed by atoms with Gasteiger partial charge >= 0.3 is 6.01 Å². The van der Waals surface area contributed by atoms with Gasteiger partial charge in [-0.1, -0.05) is 31.9 Å². The van der Waals surface area contributed by atoms with Crippen LogP contribution in [0.5, 0.6) is 0 Å². The van der Waals surface area contributed by atoms with Gasteiger partial charge in [-0.15, -0.1) is 0 Å². The number of aliphatic imine (C=N–C) groups is 1. The highest BCUT2D eigenvalue weighted by Crippen LogP contribution is 2.20. The molecule has 22 heavy (non-hydrogen) atoms. The second-order valence-electron chi connectivity index (χ2n) is 5.10. The van der Waals surface area contributed by atoms with Crippen LogP contribution in [0.3, 0.4) is 0 Å². The Morgan fingerprint density at radius 3 is 2.64 bits per heavy atom. The number of hydrogen-bond acceptors (Lipinski definition) is 5. The van der Waals surface area contributed by atoms with Crippen LogP contribution in [0.25, 0.3) is 11.1 Å². The highest BCUT2D eigenvalue weighted by atomic mass is 16.4. The van der Waals surface area contributed by atoms with Crippen molar-refractivity contribution in [3.8, 4) is 0 Å². The van der Waals surface area contributed by atoms with Gasteiger partial charge in [-0.25, -0.2) is 0 Å². The van der Waals surface area contributed by atoms with Crippen molar-refractivity contribution in [2.24, 2.45) is 10.9 Å². The summed E-state index contributed by atoms with van der Waals surface area (Å²) in [5.41, 5.74) is 1.26. The van der Waals surface area contributed by atoms with Crippen LogP contribution in [0.15, 0.2) is 33.7 Å². The summed E-state index contributed by atoms with van der Waals surface area (Å²) in [6.07, 6.45) is 2.29. The average molecular weight is 300 g/mol. The second-order valence-corrected chi connectivity index (χ2v) is 5.10. The molecule has 2 aromatic rings. The first-order chi connectivity index (χ1) is 10.7. The molecule has 3 rings (SSSR count). The molecule has 0 bridgehead atoms. The number of guanidine groups is 1. The third-order valence-corrected chi connectivity index (χ3v) is 3.45. The first-order valence-electron chi connectivity index (χ1n) is 7.23. The molecule has 0 atom stereocenters. The standard InChI is InChI=1S/C15H16N4O3/c1-2-3-6-9-12(20)17-14(18-13(9)21)19-15-16-10-7-4-5-8-11(10)22-15/h4-5,7-9H,2-3,6H2,1H3,(H2,16,17,18,19,20,21). The molecule has 0 spiro atoms. The van der Waals surface area contributed by atoms with Crippen molar-refractivity contribution in [2.45, 2.75) is 26.2 Å². The van der Waals surface area contributed by atoms with E-state index in [0.717, 1.165) is 12.8 Å². The van der Waals surface area contributed by atoms with Gasteiger partial charge in [0.05, 0.1) is 0 Å². The van der Waals surface area contributed by atoms with E-state index in [1.54, 1.807) is 12.1 Å². The van der Waals surface area contributed by atoms with E-state index in [1.165, 1.54) is 0 Å². The lowest BCUT2D eigenvalue weighted by molar-refractivity contribution is -0.135. The van der Waals surface area contributed by atoms with Gasteiger partial charge in [-0.05, 0) is 18.6 Å². The molecule has 2 N–H and O–H groups in total. The average Bonchev–Trinajstić information content (AvgIpc) is 2.88. The summed E-state index contributed by atoms with van der Waals surface area (Å²) in [6.45, 7) is 2.01. The predicted molar refractivity (Wildman–Crippen MR) is 80.4 cm³/mol. The van der Waals surface area contributed by atoms with Crippen molar-refractivity contribution in [1.29, 1.82) is 0 Å². The smallest absolute Gasteiger partial charge is 0.326 e. The van der Waals surface area contributed by atoms with Gasteiger partial charge in [-0.3, -0.25) is 20.2 Å². The molecule has 0 aliphatic carbocycles. The Morgan fingerprint density at radius 2 is 1.95 bits per heavy atom. The molecule has 0 unspecified atom stereocenters. The fraction of sp³-hybridized carbons (Fsp3) is 0.333. The summed E-state index contributed by atoms with van der Waals surface area (Å²) in [6, 6.07) is 7.31.